The van der Waals surface area contributed by atoms with Gasteiger partial charge in [-0.05, 0) is 46.9 Å². The van der Waals surface area contributed by atoms with E-state index in [1.54, 1.807) is 12.1 Å². The minimum Gasteiger partial charge on any atom is -0.376 e. The second-order valence-electron chi connectivity index (χ2n) is 4.30. The SMILES string of the molecule is O=C(CNc1ccc(Cl)c([N+](=O)[O-])c1)Nc1ccccc1I. The zero-order valence-electron chi connectivity index (χ0n) is 11.2. The minimum atomic E-state index is -0.570. The standard InChI is InChI=1S/C14H11ClIN3O3/c15-10-6-5-9(7-13(10)19(21)22)17-8-14(20)18-12-4-2-1-3-11(12)16/h1-7,17H,8H2,(H,18,20). The molecule has 0 aliphatic heterocycles. The Morgan fingerprint density at radius 2 is 2.00 bits per heavy atom. The molecular weight excluding hydrogens is 421 g/mol. The van der Waals surface area contributed by atoms with Gasteiger partial charge in [0, 0.05) is 15.3 Å². The molecular formula is C14H11ClIN3O3. The van der Waals surface area contributed by atoms with E-state index in [1.165, 1.54) is 12.1 Å². The van der Waals surface area contributed by atoms with E-state index < -0.39 is 4.92 Å². The first-order valence-corrected chi connectivity index (χ1v) is 7.65. The molecule has 22 heavy (non-hydrogen) atoms. The number of nitro benzene ring substituents is 1. The fourth-order valence-corrected chi connectivity index (χ4v) is 2.41. The van der Waals surface area contributed by atoms with Crippen LogP contribution in [0.4, 0.5) is 17.1 Å². The van der Waals surface area contributed by atoms with Gasteiger partial charge in [-0.2, -0.15) is 0 Å². The van der Waals surface area contributed by atoms with Crippen LogP contribution in [0.2, 0.25) is 5.02 Å². The van der Waals surface area contributed by atoms with Crippen LogP contribution in [0.3, 0.4) is 0 Å². The van der Waals surface area contributed by atoms with Crippen molar-refractivity contribution in [2.24, 2.45) is 0 Å². The summed E-state index contributed by atoms with van der Waals surface area (Å²) in [4.78, 5) is 22.1. The first-order valence-electron chi connectivity index (χ1n) is 6.19. The Morgan fingerprint density at radius 3 is 2.68 bits per heavy atom. The number of para-hydroxylation sites is 1. The summed E-state index contributed by atoms with van der Waals surface area (Å²) in [5.74, 6) is -0.248. The number of carbonyl (C=O) groups is 1. The number of halogens is 2. The van der Waals surface area contributed by atoms with Crippen LogP contribution in [0, 0.1) is 13.7 Å². The van der Waals surface area contributed by atoms with Gasteiger partial charge in [0.25, 0.3) is 5.69 Å². The third kappa shape index (κ3) is 4.31. The lowest BCUT2D eigenvalue weighted by Gasteiger charge is -2.09. The van der Waals surface area contributed by atoms with Crippen LogP contribution in [0.15, 0.2) is 42.5 Å². The van der Waals surface area contributed by atoms with Gasteiger partial charge in [0.1, 0.15) is 5.02 Å². The summed E-state index contributed by atoms with van der Waals surface area (Å²) in [6, 6.07) is 11.7. The average Bonchev–Trinajstić information content (AvgIpc) is 2.48. The zero-order valence-corrected chi connectivity index (χ0v) is 14.1. The molecule has 0 heterocycles. The van der Waals surface area contributed by atoms with E-state index >= 15 is 0 Å². The predicted octanol–water partition coefficient (Wildman–Crippen LogP) is 3.90. The Kier molecular flexibility index (Phi) is 5.56. The highest BCUT2D eigenvalue weighted by molar-refractivity contribution is 14.1. The maximum atomic E-state index is 11.9. The van der Waals surface area contributed by atoms with E-state index in [4.69, 9.17) is 11.6 Å². The van der Waals surface area contributed by atoms with Crippen LogP contribution in [0.1, 0.15) is 0 Å². The maximum absolute atomic E-state index is 11.9. The minimum absolute atomic E-state index is 0.0102. The van der Waals surface area contributed by atoms with Crippen LogP contribution >= 0.6 is 34.2 Å². The Hall–Kier alpha value is -1.87. The summed E-state index contributed by atoms with van der Waals surface area (Å²) < 4.78 is 0.926. The molecule has 0 radical (unpaired) electrons. The third-order valence-corrected chi connectivity index (χ3v) is 4.00. The average molecular weight is 432 g/mol. The molecule has 2 rings (SSSR count). The molecule has 0 spiro atoms. The Balaban J connectivity index is 1.98. The quantitative estimate of drug-likeness (QED) is 0.427. The fraction of sp³-hybridized carbons (Fsp3) is 0.0714. The molecule has 114 valence electrons. The summed E-state index contributed by atoms with van der Waals surface area (Å²) in [5, 5.41) is 16.4. The van der Waals surface area contributed by atoms with Gasteiger partial charge in [-0.15, -0.1) is 0 Å². The number of nitro groups is 1. The molecule has 2 aromatic rings. The van der Waals surface area contributed by atoms with Crippen molar-refractivity contribution in [2.75, 3.05) is 17.2 Å². The molecule has 0 aliphatic carbocycles. The normalized spacial score (nSPS) is 10.1. The van der Waals surface area contributed by atoms with E-state index in [-0.39, 0.29) is 23.2 Å². The first kappa shape index (κ1) is 16.5. The second kappa shape index (κ2) is 7.41. The van der Waals surface area contributed by atoms with Gasteiger partial charge in [0.05, 0.1) is 17.2 Å². The highest BCUT2D eigenvalue weighted by Gasteiger charge is 2.13. The van der Waals surface area contributed by atoms with Crippen molar-refractivity contribution in [3.63, 3.8) is 0 Å². The number of carbonyl (C=O) groups excluding carboxylic acids is 1. The molecule has 0 atom stereocenters. The number of hydrogen-bond acceptors (Lipinski definition) is 4. The van der Waals surface area contributed by atoms with Crippen LogP contribution in [-0.2, 0) is 4.79 Å². The Morgan fingerprint density at radius 1 is 1.27 bits per heavy atom. The highest BCUT2D eigenvalue weighted by atomic mass is 127. The van der Waals surface area contributed by atoms with Gasteiger partial charge in [-0.1, -0.05) is 23.7 Å². The molecule has 0 fully saturated rings. The maximum Gasteiger partial charge on any atom is 0.289 e. The Bertz CT molecular complexity index is 724. The smallest absolute Gasteiger partial charge is 0.289 e. The zero-order chi connectivity index (χ0) is 16.1. The van der Waals surface area contributed by atoms with E-state index in [9.17, 15) is 14.9 Å². The molecule has 0 aromatic heterocycles. The monoisotopic (exact) mass is 431 g/mol. The molecule has 2 N–H and O–H groups in total. The van der Waals surface area contributed by atoms with Gasteiger partial charge >= 0.3 is 0 Å². The molecule has 0 bridgehead atoms. The summed E-state index contributed by atoms with van der Waals surface area (Å²) in [5.41, 5.74) is 0.968. The topological polar surface area (TPSA) is 84.3 Å². The van der Waals surface area contributed by atoms with Crippen molar-refractivity contribution in [2.45, 2.75) is 0 Å². The third-order valence-electron chi connectivity index (χ3n) is 2.74. The largest absolute Gasteiger partial charge is 0.376 e. The molecule has 6 nitrogen and oxygen atoms in total. The molecule has 0 saturated carbocycles. The number of amides is 1. The molecule has 2 aromatic carbocycles. The van der Waals surface area contributed by atoms with Crippen molar-refractivity contribution in [1.82, 2.24) is 0 Å². The van der Waals surface area contributed by atoms with Gasteiger partial charge in [-0.25, -0.2) is 0 Å². The fourth-order valence-electron chi connectivity index (χ4n) is 1.70. The van der Waals surface area contributed by atoms with Gasteiger partial charge in [0.2, 0.25) is 5.91 Å². The summed E-state index contributed by atoms with van der Waals surface area (Å²) in [6.45, 7) is -0.0102. The van der Waals surface area contributed by atoms with Gasteiger partial charge in [-0.3, -0.25) is 14.9 Å². The van der Waals surface area contributed by atoms with E-state index in [1.807, 2.05) is 18.2 Å². The van der Waals surface area contributed by atoms with Crippen molar-refractivity contribution in [3.8, 4) is 0 Å². The van der Waals surface area contributed by atoms with E-state index in [0.29, 0.717) is 5.69 Å². The Labute approximate surface area is 145 Å². The second-order valence-corrected chi connectivity index (χ2v) is 5.87. The molecule has 0 aliphatic rings. The summed E-state index contributed by atoms with van der Waals surface area (Å²) in [6.07, 6.45) is 0. The van der Waals surface area contributed by atoms with Crippen LogP contribution in [-0.4, -0.2) is 17.4 Å². The van der Waals surface area contributed by atoms with Crippen LogP contribution in [0.5, 0.6) is 0 Å². The molecule has 0 saturated heterocycles. The number of benzene rings is 2. The molecule has 1 amide bonds. The van der Waals surface area contributed by atoms with Crippen molar-refractivity contribution in [1.29, 1.82) is 0 Å². The van der Waals surface area contributed by atoms with Crippen LogP contribution < -0.4 is 10.6 Å². The number of anilines is 2. The highest BCUT2D eigenvalue weighted by Crippen LogP contribution is 2.27. The summed E-state index contributed by atoms with van der Waals surface area (Å²) in [7, 11) is 0. The number of nitrogens with one attached hydrogen (secondary N) is 2. The lowest BCUT2D eigenvalue weighted by atomic mass is 10.2. The number of hydrogen-bond donors (Lipinski definition) is 2. The molecule has 0 unspecified atom stereocenters. The van der Waals surface area contributed by atoms with E-state index in [2.05, 4.69) is 33.2 Å². The van der Waals surface area contributed by atoms with Crippen molar-refractivity contribution >= 4 is 57.2 Å². The predicted molar refractivity (Wildman–Crippen MR) is 94.4 cm³/mol. The van der Waals surface area contributed by atoms with Crippen molar-refractivity contribution in [3.05, 3.63) is 61.2 Å². The number of nitrogens with zero attached hydrogens (tertiary/aromatic N) is 1. The molecule has 8 heteroatoms. The lowest BCUT2D eigenvalue weighted by molar-refractivity contribution is -0.384. The van der Waals surface area contributed by atoms with Gasteiger partial charge < -0.3 is 10.6 Å². The number of rotatable bonds is 5. The first-order chi connectivity index (χ1) is 10.5. The van der Waals surface area contributed by atoms with Crippen molar-refractivity contribution < 1.29 is 9.72 Å². The lowest BCUT2D eigenvalue weighted by Crippen LogP contribution is -2.22. The van der Waals surface area contributed by atoms with Crippen LogP contribution in [0.25, 0.3) is 0 Å². The van der Waals surface area contributed by atoms with Gasteiger partial charge in [0.15, 0.2) is 0 Å². The summed E-state index contributed by atoms with van der Waals surface area (Å²) >= 11 is 7.85. The van der Waals surface area contributed by atoms with E-state index in [0.717, 1.165) is 9.26 Å².